The maximum Gasteiger partial charge on any atom is 0.274 e. The van der Waals surface area contributed by atoms with Crippen LogP contribution in [0.1, 0.15) is 5.56 Å². The molecule has 0 spiro atoms. The molecule has 34 heavy (non-hydrogen) atoms. The van der Waals surface area contributed by atoms with Crippen LogP contribution in [0.2, 0.25) is 0 Å². The first-order valence-electron chi connectivity index (χ1n) is 9.35. The number of carbonyl (C=O) groups excluding carboxylic acids is 1. The Morgan fingerprint density at radius 2 is 1.97 bits per heavy atom. The van der Waals surface area contributed by atoms with Gasteiger partial charge in [-0.1, -0.05) is 23.9 Å². The third kappa shape index (κ3) is 5.44. The molecular formula is C19H17N7O7S. The van der Waals surface area contributed by atoms with Gasteiger partial charge in [0.15, 0.2) is 22.5 Å². The highest BCUT2D eigenvalue weighted by molar-refractivity contribution is 7.99. The van der Waals surface area contributed by atoms with E-state index in [9.17, 15) is 30.1 Å². The molecule has 0 aliphatic rings. The van der Waals surface area contributed by atoms with Crippen LogP contribution in [0.5, 0.6) is 11.5 Å². The lowest BCUT2D eigenvalue weighted by Crippen LogP contribution is -2.20. The standard InChI is InChI=1S/C19H17N7O7S/c1-24-18(11-4-3-5-13(6-11)25(29)30)22-23-19(24)34-10-16(27)21-20-9-12-7-14(26(31)32)8-15(33-2)17(12)28/h3-9,28H,10H2,1-2H3,(H,21,27). The molecule has 1 amide bonds. The Hall–Kier alpha value is -4.53. The summed E-state index contributed by atoms with van der Waals surface area (Å²) < 4.78 is 6.49. The Bertz CT molecular complexity index is 1290. The number of amides is 1. The Morgan fingerprint density at radius 3 is 2.65 bits per heavy atom. The van der Waals surface area contributed by atoms with E-state index in [0.29, 0.717) is 16.5 Å². The van der Waals surface area contributed by atoms with E-state index in [1.54, 1.807) is 17.7 Å². The summed E-state index contributed by atoms with van der Waals surface area (Å²) in [5.41, 5.74) is 2.32. The average Bonchev–Trinajstić information content (AvgIpc) is 3.18. The first-order valence-corrected chi connectivity index (χ1v) is 10.3. The molecule has 0 bridgehead atoms. The van der Waals surface area contributed by atoms with Crippen molar-refractivity contribution in [2.24, 2.45) is 12.1 Å². The van der Waals surface area contributed by atoms with Gasteiger partial charge in [0, 0.05) is 36.4 Å². The number of non-ortho nitro benzene ring substituents is 2. The fraction of sp³-hybridized carbons (Fsp3) is 0.158. The number of thioether (sulfide) groups is 1. The Kier molecular flexibility index (Phi) is 7.37. The largest absolute Gasteiger partial charge is 0.504 e. The first-order chi connectivity index (χ1) is 16.2. The molecule has 176 valence electrons. The summed E-state index contributed by atoms with van der Waals surface area (Å²) in [6.07, 6.45) is 1.05. The highest BCUT2D eigenvalue weighted by atomic mass is 32.2. The van der Waals surface area contributed by atoms with Gasteiger partial charge in [-0.25, -0.2) is 5.43 Å². The number of nitro groups is 2. The fourth-order valence-electron chi connectivity index (χ4n) is 2.76. The summed E-state index contributed by atoms with van der Waals surface area (Å²) in [5.74, 6) is -0.701. The maximum absolute atomic E-state index is 12.1. The van der Waals surface area contributed by atoms with E-state index in [4.69, 9.17) is 4.74 Å². The molecule has 0 atom stereocenters. The van der Waals surface area contributed by atoms with Crippen LogP contribution in [0.15, 0.2) is 46.7 Å². The van der Waals surface area contributed by atoms with Crippen molar-refractivity contribution in [3.8, 4) is 22.9 Å². The van der Waals surface area contributed by atoms with Gasteiger partial charge in [-0.2, -0.15) is 5.10 Å². The quantitative estimate of drug-likeness (QED) is 0.196. The highest BCUT2D eigenvalue weighted by Crippen LogP contribution is 2.33. The van der Waals surface area contributed by atoms with Crippen LogP contribution in [0.4, 0.5) is 11.4 Å². The van der Waals surface area contributed by atoms with Gasteiger partial charge >= 0.3 is 0 Å². The number of aromatic nitrogens is 3. The number of hydrogen-bond acceptors (Lipinski definition) is 11. The third-order valence-corrected chi connectivity index (χ3v) is 5.42. The van der Waals surface area contributed by atoms with Crippen molar-refractivity contribution >= 4 is 35.3 Å². The van der Waals surface area contributed by atoms with Crippen LogP contribution in [-0.4, -0.2) is 54.7 Å². The Balaban J connectivity index is 1.64. The van der Waals surface area contributed by atoms with Crippen LogP contribution in [-0.2, 0) is 11.8 Å². The molecule has 0 aliphatic carbocycles. The first kappa shape index (κ1) is 24.1. The van der Waals surface area contributed by atoms with Crippen molar-refractivity contribution in [2.45, 2.75) is 5.16 Å². The smallest absolute Gasteiger partial charge is 0.274 e. The molecule has 0 saturated heterocycles. The molecule has 1 aromatic heterocycles. The molecule has 15 heteroatoms. The zero-order valence-corrected chi connectivity index (χ0v) is 18.6. The predicted octanol–water partition coefficient (Wildman–Crippen LogP) is 2.26. The number of ether oxygens (including phenoxy) is 1. The minimum atomic E-state index is -0.655. The SMILES string of the molecule is COc1cc([N+](=O)[O-])cc(C=NNC(=O)CSc2nnc(-c3cccc([N+](=O)[O-])c3)n2C)c1O. The van der Waals surface area contributed by atoms with E-state index in [-0.39, 0.29) is 34.2 Å². The lowest BCUT2D eigenvalue weighted by Gasteiger charge is -2.06. The van der Waals surface area contributed by atoms with Gasteiger partial charge in [-0.3, -0.25) is 25.0 Å². The third-order valence-electron chi connectivity index (χ3n) is 4.40. The minimum Gasteiger partial charge on any atom is -0.504 e. The van der Waals surface area contributed by atoms with Crippen molar-refractivity contribution in [1.82, 2.24) is 20.2 Å². The number of phenols is 1. The second-order valence-electron chi connectivity index (χ2n) is 6.60. The zero-order valence-electron chi connectivity index (χ0n) is 17.7. The molecule has 0 aliphatic heterocycles. The molecular weight excluding hydrogens is 470 g/mol. The number of carbonyl (C=O) groups is 1. The van der Waals surface area contributed by atoms with Gasteiger partial charge in [0.05, 0.1) is 35.0 Å². The van der Waals surface area contributed by atoms with E-state index in [1.165, 1.54) is 25.3 Å². The molecule has 0 saturated carbocycles. The number of nitro benzene ring substituents is 2. The number of benzene rings is 2. The van der Waals surface area contributed by atoms with Crippen LogP contribution >= 0.6 is 11.8 Å². The van der Waals surface area contributed by atoms with Crippen molar-refractivity contribution in [1.29, 1.82) is 0 Å². The van der Waals surface area contributed by atoms with E-state index in [0.717, 1.165) is 30.1 Å². The van der Waals surface area contributed by atoms with Gasteiger partial charge in [0.25, 0.3) is 17.3 Å². The lowest BCUT2D eigenvalue weighted by molar-refractivity contribution is -0.385. The normalized spacial score (nSPS) is 10.9. The van der Waals surface area contributed by atoms with Gasteiger partial charge in [0.1, 0.15) is 0 Å². The topological polar surface area (TPSA) is 188 Å². The van der Waals surface area contributed by atoms with Crippen LogP contribution < -0.4 is 10.2 Å². The molecule has 2 N–H and O–H groups in total. The van der Waals surface area contributed by atoms with E-state index >= 15 is 0 Å². The summed E-state index contributed by atoms with van der Waals surface area (Å²) in [7, 11) is 2.90. The highest BCUT2D eigenvalue weighted by Gasteiger charge is 2.17. The van der Waals surface area contributed by atoms with Crippen LogP contribution in [0.25, 0.3) is 11.4 Å². The minimum absolute atomic E-state index is 0.0195. The van der Waals surface area contributed by atoms with Crippen molar-refractivity contribution in [3.63, 3.8) is 0 Å². The summed E-state index contributed by atoms with van der Waals surface area (Å²) in [6, 6.07) is 8.07. The molecule has 0 radical (unpaired) electrons. The van der Waals surface area contributed by atoms with Crippen LogP contribution in [0.3, 0.4) is 0 Å². The van der Waals surface area contributed by atoms with Gasteiger partial charge in [0.2, 0.25) is 0 Å². The van der Waals surface area contributed by atoms with Crippen molar-refractivity contribution in [3.05, 3.63) is 62.2 Å². The fourth-order valence-corrected chi connectivity index (χ4v) is 3.46. The number of hydrazone groups is 1. The molecule has 3 rings (SSSR count). The maximum atomic E-state index is 12.1. The monoisotopic (exact) mass is 487 g/mol. The number of hydrogen-bond donors (Lipinski definition) is 2. The lowest BCUT2D eigenvalue weighted by atomic mass is 10.2. The second-order valence-corrected chi connectivity index (χ2v) is 7.54. The number of nitrogens with zero attached hydrogens (tertiary/aromatic N) is 6. The summed E-state index contributed by atoms with van der Waals surface area (Å²) in [5, 5.41) is 44.2. The summed E-state index contributed by atoms with van der Waals surface area (Å²) >= 11 is 1.05. The summed E-state index contributed by atoms with van der Waals surface area (Å²) in [4.78, 5) is 32.9. The van der Waals surface area contributed by atoms with Crippen molar-refractivity contribution in [2.75, 3.05) is 12.9 Å². The molecule has 0 fully saturated rings. The molecule has 0 unspecified atom stereocenters. The molecule has 2 aromatic carbocycles. The predicted molar refractivity (Wildman–Crippen MR) is 121 cm³/mol. The van der Waals surface area contributed by atoms with Gasteiger partial charge < -0.3 is 14.4 Å². The van der Waals surface area contributed by atoms with E-state index in [2.05, 4.69) is 20.7 Å². The number of aromatic hydroxyl groups is 1. The van der Waals surface area contributed by atoms with Gasteiger partial charge in [-0.05, 0) is 0 Å². The second kappa shape index (κ2) is 10.4. The molecule has 1 heterocycles. The average molecular weight is 487 g/mol. The Labute approximate surface area is 195 Å². The summed E-state index contributed by atoms with van der Waals surface area (Å²) in [6.45, 7) is 0. The number of phenolic OH excluding ortho intramolecular Hbond substituents is 1. The van der Waals surface area contributed by atoms with Gasteiger partial charge in [-0.15, -0.1) is 10.2 Å². The molecule has 14 nitrogen and oxygen atoms in total. The Morgan fingerprint density at radius 1 is 1.24 bits per heavy atom. The van der Waals surface area contributed by atoms with E-state index < -0.39 is 15.8 Å². The van der Waals surface area contributed by atoms with E-state index in [1.807, 2.05) is 0 Å². The van der Waals surface area contributed by atoms with Crippen molar-refractivity contribution < 1.29 is 24.5 Å². The zero-order chi connectivity index (χ0) is 24.8. The molecule has 3 aromatic rings. The number of methoxy groups -OCH3 is 1. The number of nitrogens with one attached hydrogen (secondary N) is 1. The number of rotatable bonds is 9. The van der Waals surface area contributed by atoms with Crippen LogP contribution in [0, 0.1) is 20.2 Å².